The maximum Gasteiger partial charge on any atom is 0.199 e. The van der Waals surface area contributed by atoms with E-state index in [0.29, 0.717) is 11.5 Å². The number of hydrogen-bond acceptors (Lipinski definition) is 5. The quantitative estimate of drug-likeness (QED) is 0.778. The summed E-state index contributed by atoms with van der Waals surface area (Å²) in [7, 11) is 0. The minimum absolute atomic E-state index is 0.268. The number of hydrogen-bond donors (Lipinski definition) is 1. The molecule has 0 saturated heterocycles. The number of nitrogens with zero attached hydrogens (tertiary/aromatic N) is 4. The monoisotopic (exact) mass is 257 g/mol. The van der Waals surface area contributed by atoms with E-state index in [1.165, 1.54) is 5.56 Å². The van der Waals surface area contributed by atoms with Crippen molar-refractivity contribution in [3.05, 3.63) is 23.8 Å². The van der Waals surface area contributed by atoms with E-state index in [0.717, 1.165) is 24.0 Å². The van der Waals surface area contributed by atoms with E-state index < -0.39 is 0 Å². The molecule has 0 amide bonds. The molecule has 0 aliphatic heterocycles. The second kappa shape index (κ2) is 4.38. The molecule has 19 heavy (non-hydrogen) atoms. The van der Waals surface area contributed by atoms with Crippen LogP contribution >= 0.6 is 0 Å². The lowest BCUT2D eigenvalue weighted by Crippen LogP contribution is -2.01. The van der Waals surface area contributed by atoms with Gasteiger partial charge in [-0.25, -0.2) is 9.61 Å². The first kappa shape index (κ1) is 11.7. The van der Waals surface area contributed by atoms with Crippen molar-refractivity contribution in [3.63, 3.8) is 0 Å². The lowest BCUT2D eigenvalue weighted by atomic mass is 10.2. The molecule has 0 aliphatic carbocycles. The first-order valence-corrected chi connectivity index (χ1v) is 6.26. The van der Waals surface area contributed by atoms with E-state index in [-0.39, 0.29) is 5.82 Å². The number of aryl methyl sites for hydroxylation is 2. The summed E-state index contributed by atoms with van der Waals surface area (Å²) in [5, 5.41) is 7.47. The van der Waals surface area contributed by atoms with Gasteiger partial charge in [0.2, 0.25) is 0 Å². The maximum absolute atomic E-state index is 5.77. The van der Waals surface area contributed by atoms with Crippen LogP contribution in [0.5, 0.6) is 0 Å². The van der Waals surface area contributed by atoms with Crippen LogP contribution in [0.3, 0.4) is 0 Å². The minimum atomic E-state index is 0.268. The fourth-order valence-electron chi connectivity index (χ4n) is 2.22. The number of nitrogens with two attached hydrogens (primary N) is 1. The van der Waals surface area contributed by atoms with Gasteiger partial charge in [-0.3, -0.25) is 0 Å². The average Bonchev–Trinajstić information content (AvgIpc) is 2.94. The standard InChI is InChI=1S/C13H15N5O/c1-3-6-18-10-5-4-8(2)7-9(10)15-13(18)11-12(14)17-19-16-11/h4-5,7H,3,6H2,1-2H3,(H2,14,17). The van der Waals surface area contributed by atoms with E-state index >= 15 is 0 Å². The molecule has 0 saturated carbocycles. The van der Waals surface area contributed by atoms with Gasteiger partial charge in [0.25, 0.3) is 0 Å². The summed E-state index contributed by atoms with van der Waals surface area (Å²) in [6.45, 7) is 5.01. The Balaban J connectivity index is 2.28. The van der Waals surface area contributed by atoms with Crippen LogP contribution in [-0.2, 0) is 6.54 Å². The van der Waals surface area contributed by atoms with Crippen molar-refractivity contribution in [2.75, 3.05) is 5.73 Å². The topological polar surface area (TPSA) is 82.8 Å². The smallest absolute Gasteiger partial charge is 0.199 e. The molecule has 3 rings (SSSR count). The Morgan fingerprint density at radius 2 is 2.16 bits per heavy atom. The summed E-state index contributed by atoms with van der Waals surface area (Å²) in [5.41, 5.74) is 9.45. The fourth-order valence-corrected chi connectivity index (χ4v) is 2.22. The fraction of sp³-hybridized carbons (Fsp3) is 0.308. The van der Waals surface area contributed by atoms with Crippen LogP contribution in [0.25, 0.3) is 22.6 Å². The number of nitrogen functional groups attached to an aromatic ring is 1. The van der Waals surface area contributed by atoms with Crippen LogP contribution < -0.4 is 5.73 Å². The highest BCUT2D eigenvalue weighted by Gasteiger charge is 2.18. The number of aromatic nitrogens is 4. The van der Waals surface area contributed by atoms with Crippen molar-refractivity contribution in [1.82, 2.24) is 19.9 Å². The van der Waals surface area contributed by atoms with Crippen LogP contribution in [0, 0.1) is 6.92 Å². The zero-order valence-electron chi connectivity index (χ0n) is 10.9. The van der Waals surface area contributed by atoms with Crippen molar-refractivity contribution >= 4 is 16.9 Å². The van der Waals surface area contributed by atoms with Crippen molar-refractivity contribution < 1.29 is 4.63 Å². The van der Waals surface area contributed by atoms with Gasteiger partial charge in [-0.05, 0) is 41.4 Å². The number of fused-ring (bicyclic) bond motifs is 1. The lowest BCUT2D eigenvalue weighted by Gasteiger charge is -2.05. The van der Waals surface area contributed by atoms with Gasteiger partial charge in [0.15, 0.2) is 17.3 Å². The molecule has 0 atom stereocenters. The molecule has 2 N–H and O–H groups in total. The van der Waals surface area contributed by atoms with Crippen molar-refractivity contribution in [2.45, 2.75) is 26.8 Å². The number of anilines is 1. The highest BCUT2D eigenvalue weighted by atomic mass is 16.6. The van der Waals surface area contributed by atoms with Crippen LogP contribution in [-0.4, -0.2) is 19.9 Å². The molecule has 2 heterocycles. The molecule has 2 aromatic heterocycles. The first-order valence-electron chi connectivity index (χ1n) is 6.26. The van der Waals surface area contributed by atoms with Crippen molar-refractivity contribution in [1.29, 1.82) is 0 Å². The second-order valence-corrected chi connectivity index (χ2v) is 4.58. The molecule has 0 unspecified atom stereocenters. The zero-order chi connectivity index (χ0) is 13.4. The normalized spacial score (nSPS) is 11.3. The van der Waals surface area contributed by atoms with Crippen LogP contribution in [0.1, 0.15) is 18.9 Å². The number of benzene rings is 1. The van der Waals surface area contributed by atoms with Gasteiger partial charge in [0.1, 0.15) is 0 Å². The van der Waals surface area contributed by atoms with Crippen molar-refractivity contribution in [2.24, 2.45) is 0 Å². The molecular formula is C13H15N5O. The van der Waals surface area contributed by atoms with Crippen LogP contribution in [0.2, 0.25) is 0 Å². The Kier molecular flexibility index (Phi) is 2.70. The van der Waals surface area contributed by atoms with Gasteiger partial charge in [0.05, 0.1) is 11.0 Å². The largest absolute Gasteiger partial charge is 0.379 e. The summed E-state index contributed by atoms with van der Waals surface area (Å²) in [4.78, 5) is 4.62. The molecule has 0 aliphatic rings. The third-order valence-corrected chi connectivity index (χ3v) is 3.08. The Labute approximate surface area is 110 Å². The molecule has 0 fully saturated rings. The average molecular weight is 257 g/mol. The summed E-state index contributed by atoms with van der Waals surface area (Å²) in [6, 6.07) is 6.19. The molecule has 1 aromatic carbocycles. The molecule has 98 valence electrons. The third kappa shape index (κ3) is 1.85. The predicted octanol–water partition coefficient (Wildman–Crippen LogP) is 2.39. The van der Waals surface area contributed by atoms with E-state index in [1.807, 2.05) is 6.92 Å². The van der Waals surface area contributed by atoms with Crippen LogP contribution in [0.4, 0.5) is 5.82 Å². The van der Waals surface area contributed by atoms with Gasteiger partial charge in [-0.1, -0.05) is 13.0 Å². The van der Waals surface area contributed by atoms with Gasteiger partial charge < -0.3 is 10.3 Å². The summed E-state index contributed by atoms with van der Waals surface area (Å²) in [5.74, 6) is 0.977. The molecule has 6 heteroatoms. The van der Waals surface area contributed by atoms with E-state index in [4.69, 9.17) is 5.73 Å². The van der Waals surface area contributed by atoms with Crippen molar-refractivity contribution in [3.8, 4) is 11.5 Å². The summed E-state index contributed by atoms with van der Waals surface area (Å²) >= 11 is 0. The molecule has 0 radical (unpaired) electrons. The highest BCUT2D eigenvalue weighted by Crippen LogP contribution is 2.27. The third-order valence-electron chi connectivity index (χ3n) is 3.08. The first-order chi connectivity index (χ1) is 9.20. The molecule has 3 aromatic rings. The van der Waals surface area contributed by atoms with E-state index in [2.05, 4.69) is 49.6 Å². The minimum Gasteiger partial charge on any atom is -0.379 e. The van der Waals surface area contributed by atoms with Gasteiger partial charge >= 0.3 is 0 Å². The van der Waals surface area contributed by atoms with E-state index in [1.54, 1.807) is 0 Å². The lowest BCUT2D eigenvalue weighted by molar-refractivity contribution is 0.310. The summed E-state index contributed by atoms with van der Waals surface area (Å²) < 4.78 is 6.78. The zero-order valence-corrected chi connectivity index (χ0v) is 10.9. The number of imidazole rings is 1. The maximum atomic E-state index is 5.77. The van der Waals surface area contributed by atoms with Gasteiger partial charge in [-0.15, -0.1) is 0 Å². The molecule has 6 nitrogen and oxygen atoms in total. The highest BCUT2D eigenvalue weighted by molar-refractivity contribution is 5.82. The summed E-state index contributed by atoms with van der Waals surface area (Å²) in [6.07, 6.45) is 0.998. The number of rotatable bonds is 3. The molecular weight excluding hydrogens is 242 g/mol. The van der Waals surface area contributed by atoms with Gasteiger partial charge in [-0.2, -0.15) is 0 Å². The van der Waals surface area contributed by atoms with E-state index in [9.17, 15) is 0 Å². The molecule has 0 bridgehead atoms. The SMILES string of the molecule is CCCn1c(-c2nonc2N)nc2cc(C)ccc21. The Bertz CT molecular complexity index is 728. The predicted molar refractivity (Wildman–Crippen MR) is 72.5 cm³/mol. The van der Waals surface area contributed by atoms with Crippen LogP contribution in [0.15, 0.2) is 22.8 Å². The Hall–Kier alpha value is -2.37. The Morgan fingerprint density at radius 1 is 1.32 bits per heavy atom. The Morgan fingerprint density at radius 3 is 2.84 bits per heavy atom. The van der Waals surface area contributed by atoms with Gasteiger partial charge in [0, 0.05) is 6.54 Å². The molecule has 0 spiro atoms. The second-order valence-electron chi connectivity index (χ2n) is 4.58.